The maximum Gasteiger partial charge on any atom is 0.255 e. The van der Waals surface area contributed by atoms with Crippen molar-refractivity contribution < 1.29 is 14.3 Å². The molecule has 0 fully saturated rings. The van der Waals surface area contributed by atoms with Crippen molar-refractivity contribution in [2.24, 2.45) is 0 Å². The molecule has 1 N–H and O–H groups in total. The SMILES string of the molecule is CCc1ccccc1NC(=O)c1cc(OC)c(Br)c(OC)c1. The number of hydrogen-bond donors (Lipinski definition) is 1. The number of hydrogen-bond acceptors (Lipinski definition) is 3. The summed E-state index contributed by atoms with van der Waals surface area (Å²) in [5.74, 6) is 0.895. The average Bonchev–Trinajstić information content (AvgIpc) is 2.55. The van der Waals surface area contributed by atoms with E-state index in [-0.39, 0.29) is 5.91 Å². The van der Waals surface area contributed by atoms with Crippen LogP contribution in [-0.4, -0.2) is 20.1 Å². The number of ether oxygens (including phenoxy) is 2. The van der Waals surface area contributed by atoms with E-state index >= 15 is 0 Å². The molecular formula is C17H18BrNO3. The maximum absolute atomic E-state index is 12.5. The van der Waals surface area contributed by atoms with Crippen LogP contribution in [0.2, 0.25) is 0 Å². The van der Waals surface area contributed by atoms with Crippen LogP contribution in [0.4, 0.5) is 5.69 Å². The summed E-state index contributed by atoms with van der Waals surface area (Å²) in [6, 6.07) is 11.1. The topological polar surface area (TPSA) is 47.6 Å². The van der Waals surface area contributed by atoms with Crippen molar-refractivity contribution in [3.8, 4) is 11.5 Å². The second kappa shape index (κ2) is 7.31. The van der Waals surface area contributed by atoms with Crippen LogP contribution in [0.15, 0.2) is 40.9 Å². The summed E-state index contributed by atoms with van der Waals surface area (Å²) in [5, 5.41) is 2.93. The van der Waals surface area contributed by atoms with Gasteiger partial charge in [0.2, 0.25) is 0 Å². The van der Waals surface area contributed by atoms with Crippen LogP contribution < -0.4 is 14.8 Å². The molecule has 0 aromatic heterocycles. The molecule has 2 aromatic rings. The Labute approximate surface area is 138 Å². The van der Waals surface area contributed by atoms with Gasteiger partial charge in [-0.1, -0.05) is 25.1 Å². The highest BCUT2D eigenvalue weighted by Gasteiger charge is 2.15. The summed E-state index contributed by atoms with van der Waals surface area (Å²) >= 11 is 3.39. The number of benzene rings is 2. The molecule has 116 valence electrons. The molecule has 2 aromatic carbocycles. The van der Waals surface area contributed by atoms with Gasteiger partial charge < -0.3 is 14.8 Å². The van der Waals surface area contributed by atoms with Crippen molar-refractivity contribution in [2.45, 2.75) is 13.3 Å². The van der Waals surface area contributed by atoms with E-state index in [9.17, 15) is 4.79 Å². The number of amides is 1. The lowest BCUT2D eigenvalue weighted by molar-refractivity contribution is 0.102. The van der Waals surface area contributed by atoms with Gasteiger partial charge >= 0.3 is 0 Å². The molecule has 0 unspecified atom stereocenters. The zero-order chi connectivity index (χ0) is 16.1. The zero-order valence-corrected chi connectivity index (χ0v) is 14.4. The van der Waals surface area contributed by atoms with Crippen LogP contribution in [-0.2, 0) is 6.42 Å². The van der Waals surface area contributed by atoms with E-state index in [4.69, 9.17) is 9.47 Å². The molecule has 0 atom stereocenters. The Morgan fingerprint density at radius 3 is 2.27 bits per heavy atom. The summed E-state index contributed by atoms with van der Waals surface area (Å²) < 4.78 is 11.2. The van der Waals surface area contributed by atoms with Crippen molar-refractivity contribution in [3.05, 3.63) is 52.0 Å². The first kappa shape index (κ1) is 16.4. The van der Waals surface area contributed by atoms with Crippen LogP contribution in [0.1, 0.15) is 22.8 Å². The first-order chi connectivity index (χ1) is 10.6. The van der Waals surface area contributed by atoms with Crippen LogP contribution in [0, 0.1) is 0 Å². The molecule has 22 heavy (non-hydrogen) atoms. The van der Waals surface area contributed by atoms with Crippen molar-refractivity contribution in [2.75, 3.05) is 19.5 Å². The first-order valence-electron chi connectivity index (χ1n) is 6.91. The fourth-order valence-corrected chi connectivity index (χ4v) is 2.70. The largest absolute Gasteiger partial charge is 0.495 e. The summed E-state index contributed by atoms with van der Waals surface area (Å²) in [4.78, 5) is 12.5. The van der Waals surface area contributed by atoms with Gasteiger partial charge in [0, 0.05) is 11.3 Å². The summed E-state index contributed by atoms with van der Waals surface area (Å²) in [7, 11) is 3.10. The average molecular weight is 364 g/mol. The van der Waals surface area contributed by atoms with Gasteiger partial charge in [0.25, 0.3) is 5.91 Å². The lowest BCUT2D eigenvalue weighted by atomic mass is 10.1. The summed E-state index contributed by atoms with van der Waals surface area (Å²) in [6.45, 7) is 2.05. The van der Waals surface area contributed by atoms with E-state index in [0.717, 1.165) is 17.7 Å². The standard InChI is InChI=1S/C17H18BrNO3/c1-4-11-7-5-6-8-13(11)19-17(20)12-9-14(21-2)16(18)15(10-12)22-3/h5-10H,4H2,1-3H3,(H,19,20). The molecule has 0 bridgehead atoms. The lowest BCUT2D eigenvalue weighted by Gasteiger charge is -2.13. The van der Waals surface area contributed by atoms with Crippen molar-refractivity contribution in [1.29, 1.82) is 0 Å². The number of anilines is 1. The van der Waals surface area contributed by atoms with Crippen LogP contribution in [0.3, 0.4) is 0 Å². The quantitative estimate of drug-likeness (QED) is 0.862. The Morgan fingerprint density at radius 2 is 1.73 bits per heavy atom. The Hall–Kier alpha value is -2.01. The van der Waals surface area contributed by atoms with Gasteiger partial charge in [0.05, 0.1) is 14.2 Å². The summed E-state index contributed by atoms with van der Waals surface area (Å²) in [6.07, 6.45) is 0.851. The van der Waals surface area contributed by atoms with E-state index in [1.807, 2.05) is 24.3 Å². The number of carbonyl (C=O) groups is 1. The Balaban J connectivity index is 2.33. The number of halogens is 1. The van der Waals surface area contributed by atoms with Crippen LogP contribution in [0.5, 0.6) is 11.5 Å². The second-order valence-electron chi connectivity index (χ2n) is 4.66. The molecule has 2 rings (SSSR count). The first-order valence-corrected chi connectivity index (χ1v) is 7.70. The molecule has 0 radical (unpaired) electrons. The summed E-state index contributed by atoms with van der Waals surface area (Å²) in [5.41, 5.74) is 2.38. The lowest BCUT2D eigenvalue weighted by Crippen LogP contribution is -2.13. The Kier molecular flexibility index (Phi) is 5.44. The fourth-order valence-electron chi connectivity index (χ4n) is 2.15. The Morgan fingerprint density at radius 1 is 1.14 bits per heavy atom. The third-order valence-electron chi connectivity index (χ3n) is 3.35. The van der Waals surface area contributed by atoms with Crippen molar-refractivity contribution in [3.63, 3.8) is 0 Å². The Bertz CT molecular complexity index is 660. The third kappa shape index (κ3) is 3.42. The molecule has 5 heteroatoms. The smallest absolute Gasteiger partial charge is 0.255 e. The van der Waals surface area contributed by atoms with Gasteiger partial charge in [-0.15, -0.1) is 0 Å². The molecule has 0 saturated heterocycles. The number of aryl methyl sites for hydroxylation is 1. The normalized spacial score (nSPS) is 10.2. The molecule has 4 nitrogen and oxygen atoms in total. The van der Waals surface area contributed by atoms with Crippen LogP contribution >= 0.6 is 15.9 Å². The van der Waals surface area contributed by atoms with Crippen molar-refractivity contribution in [1.82, 2.24) is 0 Å². The fraction of sp³-hybridized carbons (Fsp3) is 0.235. The highest BCUT2D eigenvalue weighted by molar-refractivity contribution is 9.10. The highest BCUT2D eigenvalue weighted by Crippen LogP contribution is 2.35. The molecule has 1 amide bonds. The number of para-hydroxylation sites is 1. The second-order valence-corrected chi connectivity index (χ2v) is 5.45. The molecular weight excluding hydrogens is 346 g/mol. The minimum absolute atomic E-state index is 0.204. The van der Waals surface area contributed by atoms with Crippen molar-refractivity contribution >= 4 is 27.5 Å². The van der Waals surface area contributed by atoms with Gasteiger partial charge in [-0.05, 0) is 46.1 Å². The molecule has 0 heterocycles. The minimum Gasteiger partial charge on any atom is -0.495 e. The van der Waals surface area contributed by atoms with E-state index < -0.39 is 0 Å². The van der Waals surface area contributed by atoms with E-state index in [0.29, 0.717) is 21.5 Å². The van der Waals surface area contributed by atoms with Crippen LogP contribution in [0.25, 0.3) is 0 Å². The maximum atomic E-state index is 12.5. The van der Waals surface area contributed by atoms with Gasteiger partial charge in [-0.25, -0.2) is 0 Å². The third-order valence-corrected chi connectivity index (χ3v) is 4.14. The number of rotatable bonds is 5. The van der Waals surface area contributed by atoms with Gasteiger partial charge in [-0.2, -0.15) is 0 Å². The number of methoxy groups -OCH3 is 2. The van der Waals surface area contributed by atoms with Gasteiger partial charge in [0.15, 0.2) is 0 Å². The van der Waals surface area contributed by atoms with E-state index in [1.54, 1.807) is 26.4 Å². The molecule has 0 saturated carbocycles. The predicted molar refractivity (Wildman–Crippen MR) is 91.0 cm³/mol. The molecule has 0 aliphatic carbocycles. The molecule has 0 aliphatic rings. The van der Waals surface area contributed by atoms with E-state index in [1.165, 1.54) is 0 Å². The van der Waals surface area contributed by atoms with Gasteiger partial charge in [-0.3, -0.25) is 4.79 Å². The monoisotopic (exact) mass is 363 g/mol. The highest BCUT2D eigenvalue weighted by atomic mass is 79.9. The van der Waals surface area contributed by atoms with E-state index in [2.05, 4.69) is 28.2 Å². The molecule has 0 spiro atoms. The molecule has 0 aliphatic heterocycles. The number of carbonyl (C=O) groups excluding carboxylic acids is 1. The predicted octanol–water partition coefficient (Wildman–Crippen LogP) is 4.28. The number of nitrogens with one attached hydrogen (secondary N) is 1. The minimum atomic E-state index is -0.204. The zero-order valence-electron chi connectivity index (χ0n) is 12.8. The van der Waals surface area contributed by atoms with Gasteiger partial charge in [0.1, 0.15) is 16.0 Å².